The maximum absolute atomic E-state index is 14.8. The van der Waals surface area contributed by atoms with Crippen molar-refractivity contribution in [2.75, 3.05) is 19.6 Å². The highest BCUT2D eigenvalue weighted by atomic mass is 16.3. The molecule has 88 heavy (non-hydrogen) atoms. The average Bonchev–Trinajstić information content (AvgIpc) is 4.56. The second-order valence-corrected chi connectivity index (χ2v) is 22.8. The van der Waals surface area contributed by atoms with E-state index >= 15 is 0 Å². The van der Waals surface area contributed by atoms with Crippen molar-refractivity contribution >= 4 is 53.2 Å². The van der Waals surface area contributed by atoms with Crippen molar-refractivity contribution in [1.29, 1.82) is 0 Å². The SMILES string of the molecule is CC(C)[C@H](NC(=O)C[C@H](O)[C@H](Cc1ccccc1)NC(=O)[C@H](Cc1cnc[nH]1)NC(=O)[C@H](Cc1ccccc1)NC(=O)[C@H]1CCCN1C(=O)[C@H](Cc1cnc[nH]1)NC(=O)[C@H]1CCCN1)C(=O)N[C@@H](Cc1ccc(O)cc1)C(=O)NC(CCCCN)C(N)=O. The second kappa shape index (κ2) is 33.2. The van der Waals surface area contributed by atoms with Crippen molar-refractivity contribution in [2.24, 2.45) is 17.4 Å². The Morgan fingerprint density at radius 3 is 1.73 bits per heavy atom. The minimum Gasteiger partial charge on any atom is -0.508 e. The van der Waals surface area contributed by atoms with Gasteiger partial charge < -0.3 is 79.1 Å². The van der Waals surface area contributed by atoms with Crippen LogP contribution in [0.3, 0.4) is 0 Å². The maximum Gasteiger partial charge on any atom is 0.246 e. The Morgan fingerprint density at radius 2 is 1.16 bits per heavy atom. The molecule has 2 aliphatic heterocycles. The van der Waals surface area contributed by atoms with Gasteiger partial charge in [0, 0.05) is 56.0 Å². The number of aromatic amines is 2. The number of primary amides is 1. The van der Waals surface area contributed by atoms with Crippen LogP contribution in [0.2, 0.25) is 0 Å². The van der Waals surface area contributed by atoms with Gasteiger partial charge in [-0.25, -0.2) is 9.97 Å². The summed E-state index contributed by atoms with van der Waals surface area (Å²) in [5.41, 5.74) is 14.2. The highest BCUT2D eigenvalue weighted by Crippen LogP contribution is 2.22. The van der Waals surface area contributed by atoms with Crippen LogP contribution < -0.4 is 54.0 Å². The van der Waals surface area contributed by atoms with E-state index in [1.54, 1.807) is 92.8 Å². The molecule has 4 heterocycles. The van der Waals surface area contributed by atoms with Crippen molar-refractivity contribution in [2.45, 2.75) is 158 Å². The predicted octanol–water partition coefficient (Wildman–Crippen LogP) is -0.490. The summed E-state index contributed by atoms with van der Waals surface area (Å²) in [4.78, 5) is 142. The van der Waals surface area contributed by atoms with Crippen molar-refractivity contribution in [3.8, 4) is 5.75 Å². The molecule has 26 heteroatoms. The molecule has 10 atom stereocenters. The molecule has 0 spiro atoms. The molecule has 9 amide bonds. The van der Waals surface area contributed by atoms with Gasteiger partial charge in [0.2, 0.25) is 53.2 Å². The summed E-state index contributed by atoms with van der Waals surface area (Å²) in [6.45, 7) is 4.58. The molecule has 7 rings (SSSR count). The number of rotatable bonds is 33. The second-order valence-electron chi connectivity index (χ2n) is 22.8. The van der Waals surface area contributed by atoms with Crippen LogP contribution in [-0.4, -0.2) is 168 Å². The summed E-state index contributed by atoms with van der Waals surface area (Å²) >= 11 is 0. The van der Waals surface area contributed by atoms with Gasteiger partial charge in [0.15, 0.2) is 0 Å². The van der Waals surface area contributed by atoms with Gasteiger partial charge in [-0.15, -0.1) is 0 Å². The zero-order chi connectivity index (χ0) is 63.1. The van der Waals surface area contributed by atoms with Crippen LogP contribution in [0.1, 0.15) is 93.3 Å². The van der Waals surface area contributed by atoms with E-state index in [2.05, 4.69) is 62.5 Å². The van der Waals surface area contributed by atoms with E-state index in [1.165, 1.54) is 35.9 Å². The minimum absolute atomic E-state index is 0.000384. The fraction of sp³-hybridized carbons (Fsp3) is 0.468. The molecule has 1 unspecified atom stereocenters. The number of likely N-dealkylation sites (tertiary alicyclic amines) is 1. The largest absolute Gasteiger partial charge is 0.508 e. The number of aliphatic hydroxyl groups excluding tert-OH is 1. The number of carbonyl (C=O) groups is 9. The van der Waals surface area contributed by atoms with Crippen LogP contribution in [0, 0.1) is 5.92 Å². The molecule has 16 N–H and O–H groups in total. The fourth-order valence-corrected chi connectivity index (χ4v) is 10.8. The molecule has 0 bridgehead atoms. The van der Waals surface area contributed by atoms with Gasteiger partial charge in [0.1, 0.15) is 48.0 Å². The van der Waals surface area contributed by atoms with Gasteiger partial charge in [-0.1, -0.05) is 86.6 Å². The van der Waals surface area contributed by atoms with E-state index in [0.29, 0.717) is 66.9 Å². The van der Waals surface area contributed by atoms with Crippen LogP contribution in [0.25, 0.3) is 0 Å². The third-order valence-electron chi connectivity index (χ3n) is 15.7. The Balaban J connectivity index is 1.07. The molecule has 0 aliphatic carbocycles. The van der Waals surface area contributed by atoms with Gasteiger partial charge in [0.05, 0.1) is 37.3 Å². The van der Waals surface area contributed by atoms with E-state index in [-0.39, 0.29) is 63.1 Å². The van der Waals surface area contributed by atoms with Gasteiger partial charge >= 0.3 is 0 Å². The lowest BCUT2D eigenvalue weighted by molar-refractivity contribution is -0.142. The standard InChI is InChI=1S/C62H83N15O11/c1-37(2)54(61(87)74-48(29-40-20-22-43(78)23-21-40)57(83)70-44(55(64)81)17-9-10-24-63)76-53(80)32-52(79)46(27-38-13-5-3-6-14-38)71-59(85)49(30-41-33-65-35-68-41)72-58(84)47(28-39-15-7-4-8-16-39)73-60(86)51-19-12-26-77(51)62(88)50(31-42-34-66-36-69-42)75-56(82)45-18-11-25-67-45/h3-8,13-16,20-23,33-37,44-52,54,67,78-79H,9-12,17-19,24-32,63H2,1-2H3,(H2,64,81)(H,65,68)(H,66,69)(H,70,83)(H,71,85)(H,72,84)(H,73,86)(H,74,87)(H,75,82)(H,76,80)/t44?,45-,46+,47+,48+,49+,50+,51-,52+,54+/m1/s1. The number of nitrogens with one attached hydrogen (secondary N) is 10. The van der Waals surface area contributed by atoms with E-state index < -0.39 is 120 Å². The maximum atomic E-state index is 14.8. The number of benzene rings is 3. The zero-order valence-corrected chi connectivity index (χ0v) is 49.6. The van der Waals surface area contributed by atoms with Crippen molar-refractivity contribution in [1.82, 2.24) is 67.4 Å². The molecule has 2 saturated heterocycles. The smallest absolute Gasteiger partial charge is 0.246 e. The molecule has 5 aromatic rings. The molecule has 2 aromatic heterocycles. The van der Waals surface area contributed by atoms with Gasteiger partial charge in [-0.2, -0.15) is 0 Å². The first-order valence-corrected chi connectivity index (χ1v) is 30.0. The first-order chi connectivity index (χ1) is 42.3. The molecule has 26 nitrogen and oxygen atoms in total. The quantitative estimate of drug-likeness (QED) is 0.0236. The van der Waals surface area contributed by atoms with Crippen molar-refractivity contribution in [3.05, 3.63) is 138 Å². The Morgan fingerprint density at radius 1 is 0.614 bits per heavy atom. The first kappa shape index (κ1) is 66.5. The Labute approximate surface area is 510 Å². The molecule has 472 valence electrons. The molecule has 2 fully saturated rings. The van der Waals surface area contributed by atoms with Crippen molar-refractivity contribution in [3.63, 3.8) is 0 Å². The topological polar surface area (TPSA) is 403 Å². The predicted molar refractivity (Wildman–Crippen MR) is 324 cm³/mol. The van der Waals surface area contributed by atoms with E-state index in [4.69, 9.17) is 11.5 Å². The number of hydrogen-bond acceptors (Lipinski definition) is 15. The monoisotopic (exact) mass is 1210 g/mol. The zero-order valence-electron chi connectivity index (χ0n) is 49.6. The summed E-state index contributed by atoms with van der Waals surface area (Å²) in [7, 11) is 0. The molecular formula is C62H83N15O11. The van der Waals surface area contributed by atoms with Crippen LogP contribution in [0.5, 0.6) is 5.75 Å². The summed E-state index contributed by atoms with van der Waals surface area (Å²) in [6.07, 6.45) is 6.93. The summed E-state index contributed by atoms with van der Waals surface area (Å²) < 4.78 is 0. The lowest BCUT2D eigenvalue weighted by atomic mass is 9.97. The number of phenols is 1. The molecule has 3 aromatic carbocycles. The lowest BCUT2D eigenvalue weighted by Gasteiger charge is -2.31. The number of imidazole rings is 2. The minimum atomic E-state index is -1.60. The fourth-order valence-electron chi connectivity index (χ4n) is 10.8. The number of nitrogens with two attached hydrogens (primary N) is 2. The molecule has 0 radical (unpaired) electrons. The Kier molecular flexibility index (Phi) is 25.1. The van der Waals surface area contributed by atoms with Gasteiger partial charge in [-0.3, -0.25) is 43.2 Å². The molecule has 0 saturated carbocycles. The third kappa shape index (κ3) is 20.0. The number of H-pyrrole nitrogens is 2. The summed E-state index contributed by atoms with van der Waals surface area (Å²) in [6, 6.07) is 13.7. The van der Waals surface area contributed by atoms with Gasteiger partial charge in [-0.05, 0) is 99.2 Å². The number of nitrogens with zero attached hydrogens (tertiary/aromatic N) is 3. The van der Waals surface area contributed by atoms with Crippen LogP contribution in [0.15, 0.2) is 110 Å². The van der Waals surface area contributed by atoms with Crippen molar-refractivity contribution < 1.29 is 53.4 Å². The summed E-state index contributed by atoms with van der Waals surface area (Å²) in [5.74, 6) is -6.60. The van der Waals surface area contributed by atoms with E-state index in [0.717, 1.165) is 6.42 Å². The number of aromatic nitrogens is 4. The third-order valence-corrected chi connectivity index (χ3v) is 15.7. The van der Waals surface area contributed by atoms with E-state index in [9.17, 15) is 53.4 Å². The Hall–Kier alpha value is -9.01. The van der Waals surface area contributed by atoms with Crippen LogP contribution in [0.4, 0.5) is 0 Å². The number of carbonyl (C=O) groups excluding carboxylic acids is 9. The molecule has 2 aliphatic rings. The number of aliphatic hydroxyl groups is 1. The highest BCUT2D eigenvalue weighted by Gasteiger charge is 2.41. The lowest BCUT2D eigenvalue weighted by Crippen LogP contribution is -2.60. The summed E-state index contributed by atoms with van der Waals surface area (Å²) in [5, 5.41) is 44.6. The van der Waals surface area contributed by atoms with Crippen LogP contribution >= 0.6 is 0 Å². The average molecular weight is 1210 g/mol. The van der Waals surface area contributed by atoms with Gasteiger partial charge in [0.25, 0.3) is 0 Å². The number of aromatic hydroxyl groups is 1. The van der Waals surface area contributed by atoms with E-state index in [1.807, 2.05) is 0 Å². The normalized spacial score (nSPS) is 17.4. The number of amides is 9. The van der Waals surface area contributed by atoms with Crippen LogP contribution in [-0.2, 0) is 75.3 Å². The Bertz CT molecular complexity index is 3070. The number of unbranched alkanes of at least 4 members (excludes halogenated alkanes) is 1. The molecular weight excluding hydrogens is 1130 g/mol. The number of phenolic OH excluding ortho intramolecular Hbond substituents is 1. The highest BCUT2D eigenvalue weighted by molar-refractivity contribution is 5.97. The first-order valence-electron chi connectivity index (χ1n) is 30.0. The number of hydrogen-bond donors (Lipinski definition) is 14.